The molecule has 88 valence electrons. The van der Waals surface area contributed by atoms with Crippen molar-refractivity contribution in [3.05, 3.63) is 11.2 Å². The SMILES string of the molecule is Nc1nc(Cl)cc(N2CCC[C@@H](CO)C2)n1. The normalized spacial score (nSPS) is 21.1. The molecule has 1 atom stereocenters. The van der Waals surface area contributed by atoms with Gasteiger partial charge in [0.1, 0.15) is 11.0 Å². The van der Waals surface area contributed by atoms with Crippen LogP contribution in [-0.2, 0) is 0 Å². The first-order valence-electron chi connectivity index (χ1n) is 5.35. The molecule has 1 fully saturated rings. The number of aromatic nitrogens is 2. The maximum atomic E-state index is 9.15. The number of aliphatic hydroxyl groups excluding tert-OH is 1. The zero-order chi connectivity index (χ0) is 11.5. The number of aliphatic hydroxyl groups is 1. The topological polar surface area (TPSA) is 75.3 Å². The van der Waals surface area contributed by atoms with E-state index < -0.39 is 0 Å². The molecule has 2 heterocycles. The van der Waals surface area contributed by atoms with Crippen LogP contribution in [0.3, 0.4) is 0 Å². The third-order valence-electron chi connectivity index (χ3n) is 2.80. The fourth-order valence-corrected chi connectivity index (χ4v) is 2.19. The van der Waals surface area contributed by atoms with Crippen LogP contribution in [0, 0.1) is 5.92 Å². The highest BCUT2D eigenvalue weighted by molar-refractivity contribution is 6.29. The Labute approximate surface area is 99.3 Å². The van der Waals surface area contributed by atoms with Gasteiger partial charge in [0, 0.05) is 25.8 Å². The standard InChI is InChI=1S/C10H15ClN4O/c11-8-4-9(14-10(12)13-8)15-3-1-2-7(5-15)6-16/h4,7,16H,1-3,5-6H2,(H2,12,13,14)/t7-/m1/s1. The average molecular weight is 243 g/mol. The Balaban J connectivity index is 2.16. The predicted molar refractivity (Wildman–Crippen MR) is 63.5 cm³/mol. The number of anilines is 2. The highest BCUT2D eigenvalue weighted by Gasteiger charge is 2.20. The zero-order valence-corrected chi connectivity index (χ0v) is 9.69. The minimum atomic E-state index is 0.189. The molecule has 1 saturated heterocycles. The Hall–Kier alpha value is -1.07. The second kappa shape index (κ2) is 4.84. The minimum Gasteiger partial charge on any atom is -0.396 e. The highest BCUT2D eigenvalue weighted by atomic mass is 35.5. The van der Waals surface area contributed by atoms with Crippen molar-refractivity contribution in [2.75, 3.05) is 30.3 Å². The van der Waals surface area contributed by atoms with Crippen LogP contribution in [0.2, 0.25) is 5.15 Å². The van der Waals surface area contributed by atoms with E-state index in [1.54, 1.807) is 6.07 Å². The summed E-state index contributed by atoms with van der Waals surface area (Å²) >= 11 is 5.83. The zero-order valence-electron chi connectivity index (χ0n) is 8.93. The van der Waals surface area contributed by atoms with E-state index in [0.717, 1.165) is 31.7 Å². The number of nitrogen functional groups attached to an aromatic ring is 1. The van der Waals surface area contributed by atoms with Gasteiger partial charge in [0.2, 0.25) is 5.95 Å². The second-order valence-corrected chi connectivity index (χ2v) is 4.43. The van der Waals surface area contributed by atoms with Crippen LogP contribution in [0.25, 0.3) is 0 Å². The van der Waals surface area contributed by atoms with Crippen molar-refractivity contribution in [2.24, 2.45) is 5.92 Å². The van der Waals surface area contributed by atoms with Gasteiger partial charge in [0.15, 0.2) is 0 Å². The summed E-state index contributed by atoms with van der Waals surface area (Å²) in [7, 11) is 0. The maximum absolute atomic E-state index is 9.15. The molecule has 0 aliphatic carbocycles. The summed E-state index contributed by atoms with van der Waals surface area (Å²) < 4.78 is 0. The van der Waals surface area contributed by atoms with E-state index in [0.29, 0.717) is 11.1 Å². The quantitative estimate of drug-likeness (QED) is 0.755. The van der Waals surface area contributed by atoms with Gasteiger partial charge >= 0.3 is 0 Å². The van der Waals surface area contributed by atoms with Gasteiger partial charge < -0.3 is 15.7 Å². The summed E-state index contributed by atoms with van der Waals surface area (Å²) in [5.74, 6) is 1.24. The van der Waals surface area contributed by atoms with Crippen LogP contribution in [0.4, 0.5) is 11.8 Å². The van der Waals surface area contributed by atoms with Crippen molar-refractivity contribution >= 4 is 23.4 Å². The summed E-state index contributed by atoms with van der Waals surface area (Å²) in [5, 5.41) is 9.51. The molecule has 0 unspecified atom stereocenters. The summed E-state index contributed by atoms with van der Waals surface area (Å²) in [6, 6.07) is 1.71. The molecule has 6 heteroatoms. The molecule has 0 spiro atoms. The highest BCUT2D eigenvalue weighted by Crippen LogP contribution is 2.23. The van der Waals surface area contributed by atoms with Crippen molar-refractivity contribution in [2.45, 2.75) is 12.8 Å². The van der Waals surface area contributed by atoms with Gasteiger partial charge in [0.05, 0.1) is 0 Å². The fourth-order valence-electron chi connectivity index (χ4n) is 2.01. The lowest BCUT2D eigenvalue weighted by Gasteiger charge is -2.32. The smallest absolute Gasteiger partial charge is 0.223 e. The first kappa shape index (κ1) is 11.4. The van der Waals surface area contributed by atoms with Gasteiger partial charge in [-0.2, -0.15) is 4.98 Å². The number of nitrogens with two attached hydrogens (primary N) is 1. The number of rotatable bonds is 2. The third-order valence-corrected chi connectivity index (χ3v) is 2.99. The average Bonchev–Trinajstić information content (AvgIpc) is 2.28. The Kier molecular flexibility index (Phi) is 3.46. The van der Waals surface area contributed by atoms with Crippen LogP contribution < -0.4 is 10.6 Å². The van der Waals surface area contributed by atoms with E-state index in [-0.39, 0.29) is 12.6 Å². The lowest BCUT2D eigenvalue weighted by Crippen LogP contribution is -2.37. The fraction of sp³-hybridized carbons (Fsp3) is 0.600. The molecule has 16 heavy (non-hydrogen) atoms. The predicted octanol–water partition coefficient (Wildman–Crippen LogP) is 0.921. The van der Waals surface area contributed by atoms with E-state index in [4.69, 9.17) is 22.4 Å². The van der Waals surface area contributed by atoms with Crippen molar-refractivity contribution in [1.29, 1.82) is 0 Å². The van der Waals surface area contributed by atoms with Gasteiger partial charge in [-0.25, -0.2) is 4.98 Å². The molecular formula is C10H15ClN4O. The molecule has 5 nitrogen and oxygen atoms in total. The summed E-state index contributed by atoms with van der Waals surface area (Å²) in [6.45, 7) is 1.93. The molecule has 2 rings (SSSR count). The maximum Gasteiger partial charge on any atom is 0.223 e. The van der Waals surface area contributed by atoms with Crippen molar-refractivity contribution in [1.82, 2.24) is 9.97 Å². The minimum absolute atomic E-state index is 0.189. The van der Waals surface area contributed by atoms with Crippen molar-refractivity contribution in [3.8, 4) is 0 Å². The van der Waals surface area contributed by atoms with Gasteiger partial charge in [-0.1, -0.05) is 11.6 Å². The first-order chi connectivity index (χ1) is 7.69. The van der Waals surface area contributed by atoms with Crippen molar-refractivity contribution in [3.63, 3.8) is 0 Å². The lowest BCUT2D eigenvalue weighted by molar-refractivity contribution is 0.208. The van der Waals surface area contributed by atoms with E-state index in [1.807, 2.05) is 0 Å². The number of hydrogen-bond donors (Lipinski definition) is 2. The van der Waals surface area contributed by atoms with Crippen LogP contribution in [-0.4, -0.2) is 34.8 Å². The first-order valence-corrected chi connectivity index (χ1v) is 5.72. The van der Waals surface area contributed by atoms with E-state index >= 15 is 0 Å². The van der Waals surface area contributed by atoms with E-state index in [1.165, 1.54) is 0 Å². The Morgan fingerprint density at radius 2 is 2.38 bits per heavy atom. The number of nitrogens with zero attached hydrogens (tertiary/aromatic N) is 3. The number of halogens is 1. The molecule has 0 saturated carbocycles. The van der Waals surface area contributed by atoms with Crippen molar-refractivity contribution < 1.29 is 5.11 Å². The summed E-state index contributed by atoms with van der Waals surface area (Å²) in [6.07, 6.45) is 2.11. The molecule has 1 aromatic heterocycles. The third kappa shape index (κ3) is 2.54. The lowest BCUT2D eigenvalue weighted by atomic mass is 9.99. The second-order valence-electron chi connectivity index (χ2n) is 4.04. The number of hydrogen-bond acceptors (Lipinski definition) is 5. The molecule has 1 aliphatic heterocycles. The van der Waals surface area contributed by atoms with Crippen LogP contribution in [0.5, 0.6) is 0 Å². The van der Waals surface area contributed by atoms with Gasteiger partial charge in [-0.15, -0.1) is 0 Å². The van der Waals surface area contributed by atoms with Crippen LogP contribution in [0.15, 0.2) is 6.07 Å². The molecule has 3 N–H and O–H groups in total. The largest absolute Gasteiger partial charge is 0.396 e. The van der Waals surface area contributed by atoms with Gasteiger partial charge in [-0.3, -0.25) is 0 Å². The molecule has 0 radical (unpaired) electrons. The van der Waals surface area contributed by atoms with Gasteiger partial charge in [-0.05, 0) is 18.8 Å². The molecule has 1 aliphatic rings. The Bertz CT molecular complexity index is 354. The number of piperidine rings is 1. The molecule has 0 amide bonds. The molecular weight excluding hydrogens is 228 g/mol. The van der Waals surface area contributed by atoms with E-state index in [9.17, 15) is 0 Å². The monoisotopic (exact) mass is 242 g/mol. The van der Waals surface area contributed by atoms with Gasteiger partial charge in [0.25, 0.3) is 0 Å². The Morgan fingerprint density at radius 1 is 1.56 bits per heavy atom. The Morgan fingerprint density at radius 3 is 3.06 bits per heavy atom. The van der Waals surface area contributed by atoms with Crippen LogP contribution in [0.1, 0.15) is 12.8 Å². The molecule has 0 aromatic carbocycles. The molecule has 1 aromatic rings. The van der Waals surface area contributed by atoms with Crippen LogP contribution >= 0.6 is 11.6 Å². The summed E-state index contributed by atoms with van der Waals surface area (Å²) in [5.41, 5.74) is 5.55. The summed E-state index contributed by atoms with van der Waals surface area (Å²) in [4.78, 5) is 10.1. The van der Waals surface area contributed by atoms with E-state index in [2.05, 4.69) is 14.9 Å². The molecule has 0 bridgehead atoms.